The van der Waals surface area contributed by atoms with Gasteiger partial charge in [0.05, 0.1) is 64.5 Å². The third-order valence-electron chi connectivity index (χ3n) is 17.4. The van der Waals surface area contributed by atoms with Crippen LogP contribution in [0.1, 0.15) is 76.4 Å². The second kappa shape index (κ2) is 23.1. The van der Waals surface area contributed by atoms with Crippen LogP contribution in [0.2, 0.25) is 0 Å². The molecule has 13 aromatic rings. The normalized spacial score (nSPS) is 13.8. The number of para-hydroxylation sites is 4. The molecule has 0 fully saturated rings. The van der Waals surface area contributed by atoms with Crippen LogP contribution >= 0.6 is 15.9 Å². The zero-order chi connectivity index (χ0) is 59.2. The van der Waals surface area contributed by atoms with Gasteiger partial charge in [0.15, 0.2) is 0 Å². The average Bonchev–Trinajstić information content (AvgIpc) is 1.64. The monoisotopic (exact) mass is 1230 g/mol. The second-order valence-corrected chi connectivity index (χ2v) is 22.9. The summed E-state index contributed by atoms with van der Waals surface area (Å²) in [7, 11) is -1.00. The summed E-state index contributed by atoms with van der Waals surface area (Å²) in [5.41, 5.74) is 23.0. The molecule has 0 N–H and O–H groups in total. The molecule has 2 aliphatic carbocycles. The molecule has 6 heterocycles. The fourth-order valence-electron chi connectivity index (χ4n) is 13.8. The van der Waals surface area contributed by atoms with Crippen LogP contribution in [0.3, 0.4) is 0 Å². The van der Waals surface area contributed by atoms with E-state index < -0.39 is 18.0 Å². The number of halogens is 2. The quantitative estimate of drug-likeness (QED) is 0.122. The molecule has 8 aromatic carbocycles. The molecule has 7 nitrogen and oxygen atoms in total. The Morgan fingerprint density at radius 1 is 0.430 bits per heavy atom. The van der Waals surface area contributed by atoms with Crippen molar-refractivity contribution in [3.8, 4) is 28.5 Å². The van der Waals surface area contributed by atoms with Crippen molar-refractivity contribution in [2.45, 2.75) is 37.0 Å². The molecule has 16 rings (SSSR count). The molecule has 0 unspecified atom stereocenters. The van der Waals surface area contributed by atoms with Crippen molar-refractivity contribution in [1.29, 1.82) is 5.26 Å². The number of fused-ring (bicyclic) bond motifs is 11. The van der Waals surface area contributed by atoms with Gasteiger partial charge in [0.2, 0.25) is 0 Å². The van der Waals surface area contributed by atoms with Crippen LogP contribution in [-0.2, 0) is 33.3 Å². The van der Waals surface area contributed by atoms with Crippen molar-refractivity contribution in [2.75, 3.05) is 12.1 Å². The van der Waals surface area contributed by atoms with Crippen LogP contribution in [0, 0.1) is 18.8 Å². The molecule has 0 bridgehead atoms. The SMILES string of the molecule is CC1(C)c2ccccc2N(c2ccccc2)c2ccc(C3(c4ccc(Br)cc4)c4cccnc4-c4ncccc43)cc21.Cc1ccc(C2(c3ccc4c(c3)c3ccccc3n4-c3ccccc3)c3cccnc3-c3ncccc32)cc1.[2H]CF.[C-]#N.[Cu+]. The van der Waals surface area contributed by atoms with Crippen molar-refractivity contribution < 1.29 is 22.8 Å². The maximum absolute atomic E-state index is 9.96. The standard InChI is InChI=1S/C38H28BrN3.C36H25N3.CH3F.CN.Cu/c1-37(2)29-12-6-7-15-33(29)42(28-10-4-3-5-11-28)34-21-18-26(24-32(34)37)38(25-16-19-27(39)20-17-25)30-13-8-22-40-35(30)36-31(38)14-9-23-41-36;1-24-15-17-25(18-16-24)36(30-12-7-21-37-34(30)35-31(36)13-8-22-38-35)26-19-20-33-29(23-26)28-11-5-6-14-32(28)39(33)27-9-3-2-4-10-27;2*1-2;/h3-24H,1-2H3;2-23H,1H3;1H3;;/q;;;-1;+1/i;;1D;;. The Morgan fingerprint density at radius 3 is 1.38 bits per heavy atom. The van der Waals surface area contributed by atoms with Crippen molar-refractivity contribution in [3.05, 3.63) is 340 Å². The number of aromatic nitrogens is 5. The van der Waals surface area contributed by atoms with Crippen LogP contribution in [0.4, 0.5) is 21.5 Å². The predicted molar refractivity (Wildman–Crippen MR) is 344 cm³/mol. The summed E-state index contributed by atoms with van der Waals surface area (Å²) in [4.78, 5) is 21.9. The summed E-state index contributed by atoms with van der Waals surface area (Å²) in [6, 6.07) is 87.7. The summed E-state index contributed by atoms with van der Waals surface area (Å²) in [5.74, 6) is 0. The van der Waals surface area contributed by atoms with Gasteiger partial charge in [-0.05, 0) is 154 Å². The molecule has 0 saturated carbocycles. The van der Waals surface area contributed by atoms with Gasteiger partial charge >= 0.3 is 17.1 Å². The van der Waals surface area contributed by atoms with Gasteiger partial charge < -0.3 is 21.3 Å². The first-order valence-electron chi connectivity index (χ1n) is 28.8. The first kappa shape index (κ1) is 55.6. The number of nitrogens with zero attached hydrogens (tertiary/aromatic N) is 7. The Labute approximate surface area is 521 Å². The molecule has 5 aromatic heterocycles. The van der Waals surface area contributed by atoms with E-state index >= 15 is 0 Å². The molecule has 0 radical (unpaired) electrons. The third kappa shape index (κ3) is 8.71. The first-order valence-corrected chi connectivity index (χ1v) is 28.9. The molecule has 0 saturated heterocycles. The number of pyridine rings is 4. The fraction of sp³-hybridized carbons (Fsp3) is 0.0921. The number of hydrogen-bond donors (Lipinski definition) is 0. The minimum atomic E-state index is -1.00. The maximum atomic E-state index is 9.96. The smallest absolute Gasteiger partial charge is 0.512 e. The summed E-state index contributed by atoms with van der Waals surface area (Å²) >= 11 is 3.67. The summed E-state index contributed by atoms with van der Waals surface area (Å²) in [6.45, 7) is 11.6. The molecule has 0 spiro atoms. The number of alkyl halides is 1. The van der Waals surface area contributed by atoms with E-state index in [9.17, 15) is 4.39 Å². The molecule has 0 atom stereocenters. The van der Waals surface area contributed by atoms with E-state index in [0.29, 0.717) is 0 Å². The van der Waals surface area contributed by atoms with Gasteiger partial charge in [0, 0.05) is 56.8 Å². The number of hydrogen-bond acceptors (Lipinski definition) is 6. The van der Waals surface area contributed by atoms with E-state index in [1.807, 2.05) is 49.1 Å². The van der Waals surface area contributed by atoms with Gasteiger partial charge in [0.25, 0.3) is 0 Å². The molecular formula is C76H56BrCuFN7. The first-order chi connectivity index (χ1) is 42.2. The van der Waals surface area contributed by atoms with Crippen molar-refractivity contribution in [3.63, 3.8) is 0 Å². The number of anilines is 3. The molecule has 0 amide bonds. The fourth-order valence-corrected chi connectivity index (χ4v) is 14.1. The van der Waals surface area contributed by atoms with Crippen LogP contribution in [0.25, 0.3) is 50.3 Å². The van der Waals surface area contributed by atoms with Crippen molar-refractivity contribution >= 4 is 54.8 Å². The van der Waals surface area contributed by atoms with Crippen LogP contribution in [0.15, 0.2) is 272 Å². The Hall–Kier alpha value is -9.62. The molecule has 86 heavy (non-hydrogen) atoms. The zero-order valence-electron chi connectivity index (χ0n) is 48.3. The van der Waals surface area contributed by atoms with E-state index in [4.69, 9.17) is 33.1 Å². The van der Waals surface area contributed by atoms with E-state index in [0.717, 1.165) is 49.8 Å². The Morgan fingerprint density at radius 2 is 0.837 bits per heavy atom. The molecule has 10 heteroatoms. The second-order valence-electron chi connectivity index (χ2n) is 21.9. The zero-order valence-corrected chi connectivity index (χ0v) is 49.8. The largest absolute Gasteiger partial charge is 1.00 e. The predicted octanol–water partition coefficient (Wildman–Crippen LogP) is 18.6. The third-order valence-corrected chi connectivity index (χ3v) is 17.9. The summed E-state index contributed by atoms with van der Waals surface area (Å²) in [6.07, 6.45) is 7.50. The summed E-state index contributed by atoms with van der Waals surface area (Å²) in [5, 5.41) is 8.73. The Balaban J connectivity index is 0.000000157. The maximum Gasteiger partial charge on any atom is 1.00 e. The number of benzene rings is 8. The van der Waals surface area contributed by atoms with E-state index in [2.05, 4.69) is 265 Å². The van der Waals surface area contributed by atoms with Gasteiger partial charge in [-0.2, -0.15) is 0 Å². The van der Waals surface area contributed by atoms with Crippen molar-refractivity contribution in [2.24, 2.45) is 0 Å². The van der Waals surface area contributed by atoms with Gasteiger partial charge in [-0.25, -0.2) is 0 Å². The molecular weight excluding hydrogens is 1170 g/mol. The van der Waals surface area contributed by atoms with Crippen LogP contribution in [0.5, 0.6) is 0 Å². The van der Waals surface area contributed by atoms with E-state index in [-0.39, 0.29) is 22.5 Å². The minimum absolute atomic E-state index is 0. The van der Waals surface area contributed by atoms with E-state index in [1.165, 1.54) is 83.3 Å². The summed E-state index contributed by atoms with van der Waals surface area (Å²) < 4.78 is 18.9. The average molecular weight is 1230 g/mol. The minimum Gasteiger partial charge on any atom is -0.512 e. The van der Waals surface area contributed by atoms with Gasteiger partial charge in [-0.1, -0.05) is 187 Å². The van der Waals surface area contributed by atoms with E-state index in [1.54, 1.807) is 0 Å². The number of aryl methyl sites for hydroxylation is 1. The molecule has 3 aliphatic rings. The molecule has 1 aliphatic heterocycles. The van der Waals surface area contributed by atoms with Gasteiger partial charge in [0.1, 0.15) is 0 Å². The van der Waals surface area contributed by atoms with Crippen molar-refractivity contribution in [1.82, 2.24) is 24.5 Å². The van der Waals surface area contributed by atoms with Crippen LogP contribution in [-0.4, -0.2) is 31.7 Å². The topological polar surface area (TPSA) is 83.5 Å². The van der Waals surface area contributed by atoms with Crippen LogP contribution < -0.4 is 4.90 Å². The number of rotatable bonds is 6. The van der Waals surface area contributed by atoms with Gasteiger partial charge in [-0.15, -0.1) is 0 Å². The Bertz CT molecular complexity index is 4590. The molecule has 420 valence electrons. The van der Waals surface area contributed by atoms with Gasteiger partial charge in [-0.3, -0.25) is 24.3 Å². The Kier molecular flexibility index (Phi) is 14.9.